The fraction of sp³-hybridized carbons (Fsp3) is 0.857. The highest BCUT2D eigenvalue weighted by molar-refractivity contribution is 5.21. The molecule has 0 amide bonds. The van der Waals surface area contributed by atoms with Crippen LogP contribution < -0.4 is 0 Å². The predicted octanol–water partition coefficient (Wildman–Crippen LogP) is 7.08. The Morgan fingerprint density at radius 3 is 2.74 bits per heavy atom. The number of nitrogens with zero attached hydrogens (tertiary/aromatic N) is 3. The van der Waals surface area contributed by atoms with Crippen LogP contribution in [0.25, 0.3) is 0 Å². The molecule has 0 aliphatic heterocycles. The van der Waals surface area contributed by atoms with Crippen LogP contribution >= 0.6 is 0 Å². The Bertz CT molecular complexity index is 805. The number of rotatable bonds is 5. The lowest BCUT2D eigenvalue weighted by Crippen LogP contribution is -2.49. The van der Waals surface area contributed by atoms with Crippen LogP contribution in [0.5, 0.6) is 0 Å². The van der Waals surface area contributed by atoms with Gasteiger partial charge in [-0.25, -0.2) is 0 Å². The van der Waals surface area contributed by atoms with E-state index in [0.717, 1.165) is 48.0 Å². The van der Waals surface area contributed by atoms with E-state index in [4.69, 9.17) is 5.26 Å². The Kier molecular flexibility index (Phi) is 5.95. The van der Waals surface area contributed by atoms with Crippen LogP contribution in [0.15, 0.2) is 12.4 Å². The van der Waals surface area contributed by atoms with Gasteiger partial charge in [0.2, 0.25) is 0 Å². The number of aromatic nitrogens is 2. The number of hydrogen-bond acceptors (Lipinski definition) is 2. The highest BCUT2D eigenvalue weighted by Gasteiger charge is 2.57. The van der Waals surface area contributed by atoms with Crippen molar-refractivity contribution in [1.82, 2.24) is 9.78 Å². The van der Waals surface area contributed by atoms with Crippen molar-refractivity contribution in [2.45, 2.75) is 97.9 Å². The molecule has 1 aromatic rings. The number of nitriles is 1. The average Bonchev–Trinajstić information content (AvgIpc) is 3.37. The molecule has 4 aliphatic carbocycles. The fourth-order valence-electron chi connectivity index (χ4n) is 9.54. The first kappa shape index (κ1) is 21.5. The van der Waals surface area contributed by atoms with Gasteiger partial charge in [0.25, 0.3) is 0 Å². The van der Waals surface area contributed by atoms with Gasteiger partial charge in [-0.3, -0.25) is 4.68 Å². The lowest BCUT2D eigenvalue weighted by atomic mass is 9.48. The van der Waals surface area contributed by atoms with E-state index in [1.54, 1.807) is 19.0 Å². The monoisotopic (exact) mass is 421 g/mol. The normalized spacial score (nSPS) is 42.8. The molecule has 0 N–H and O–H groups in total. The molecule has 4 aliphatic rings. The van der Waals surface area contributed by atoms with Gasteiger partial charge >= 0.3 is 0 Å². The van der Waals surface area contributed by atoms with E-state index in [9.17, 15) is 0 Å². The molecule has 0 saturated heterocycles. The van der Waals surface area contributed by atoms with Crippen LogP contribution in [0.2, 0.25) is 0 Å². The van der Waals surface area contributed by atoms with Crippen molar-refractivity contribution in [1.29, 1.82) is 5.26 Å². The topological polar surface area (TPSA) is 41.6 Å². The second-order valence-electron chi connectivity index (χ2n) is 12.2. The van der Waals surface area contributed by atoms with Crippen molar-refractivity contribution in [2.75, 3.05) is 0 Å². The van der Waals surface area contributed by atoms with Gasteiger partial charge in [0.1, 0.15) is 6.07 Å². The van der Waals surface area contributed by atoms with E-state index in [1.165, 1.54) is 57.8 Å². The van der Waals surface area contributed by atoms with E-state index < -0.39 is 0 Å². The van der Waals surface area contributed by atoms with Crippen LogP contribution in [-0.4, -0.2) is 9.78 Å². The zero-order valence-electron chi connectivity index (χ0n) is 20.1. The number of fused-ring (bicyclic) bond motifs is 5. The van der Waals surface area contributed by atoms with Crippen LogP contribution in [-0.2, 0) is 6.54 Å². The van der Waals surface area contributed by atoms with E-state index >= 15 is 0 Å². The van der Waals surface area contributed by atoms with Crippen molar-refractivity contribution < 1.29 is 0 Å². The van der Waals surface area contributed by atoms with Gasteiger partial charge in [-0.2, -0.15) is 10.4 Å². The second-order valence-corrected chi connectivity index (χ2v) is 12.2. The highest BCUT2D eigenvalue weighted by Crippen LogP contribution is 2.65. The first-order valence-corrected chi connectivity index (χ1v) is 13.5. The Morgan fingerprint density at radius 1 is 1.13 bits per heavy atom. The van der Waals surface area contributed by atoms with Crippen LogP contribution in [0, 0.1) is 64.1 Å². The first-order valence-electron chi connectivity index (χ1n) is 13.5. The van der Waals surface area contributed by atoms with Gasteiger partial charge in [0.05, 0.1) is 11.8 Å². The summed E-state index contributed by atoms with van der Waals surface area (Å²) in [5.74, 6) is 7.61. The maximum absolute atomic E-state index is 9.12. The first-order chi connectivity index (χ1) is 15.0. The lowest BCUT2D eigenvalue weighted by molar-refractivity contribution is -0.0749. The maximum Gasteiger partial charge on any atom is 0.102 e. The summed E-state index contributed by atoms with van der Waals surface area (Å²) in [5.41, 5.74) is 1.21. The molecular formula is C28H43N3. The molecule has 1 aromatic heterocycles. The molecule has 3 nitrogen and oxygen atoms in total. The zero-order chi connectivity index (χ0) is 21.6. The zero-order valence-corrected chi connectivity index (χ0v) is 20.1. The van der Waals surface area contributed by atoms with Crippen LogP contribution in [0.4, 0.5) is 0 Å². The molecule has 0 spiro atoms. The Hall–Kier alpha value is -1.30. The van der Waals surface area contributed by atoms with Crippen molar-refractivity contribution in [2.24, 2.45) is 52.8 Å². The second kappa shape index (κ2) is 8.57. The summed E-state index contributed by atoms with van der Waals surface area (Å²) in [4.78, 5) is 0. The molecule has 0 bridgehead atoms. The van der Waals surface area contributed by atoms with E-state index in [2.05, 4.69) is 31.9 Å². The third-order valence-corrected chi connectivity index (χ3v) is 10.8. The lowest BCUT2D eigenvalue weighted by Gasteiger charge is -2.57. The van der Waals surface area contributed by atoms with E-state index in [1.807, 2.05) is 10.9 Å². The maximum atomic E-state index is 9.12. The predicted molar refractivity (Wildman–Crippen MR) is 125 cm³/mol. The van der Waals surface area contributed by atoms with Gasteiger partial charge in [-0.15, -0.1) is 0 Å². The standard InChI is InChI=1S/C28H43N3/c1-4-5-20-6-8-23-22(14-20)7-9-25-24(23)12-13-28(3)26(10-11-27(25)28)19(2)17-31-18-21(15-29)16-30-31/h16,18-20,22-27H,4-14,17H2,1-3H3/t19-,20+,22-,23+,24?,25-,26?,27?,28-/m1/s1. The molecule has 31 heavy (non-hydrogen) atoms. The summed E-state index contributed by atoms with van der Waals surface area (Å²) < 4.78 is 2.02. The summed E-state index contributed by atoms with van der Waals surface area (Å²) in [7, 11) is 0. The van der Waals surface area contributed by atoms with Crippen molar-refractivity contribution >= 4 is 0 Å². The minimum Gasteiger partial charge on any atom is -0.271 e. The van der Waals surface area contributed by atoms with Gasteiger partial charge in [-0.05, 0) is 104 Å². The van der Waals surface area contributed by atoms with Gasteiger partial charge in [0.15, 0.2) is 0 Å². The summed E-state index contributed by atoms with van der Waals surface area (Å²) in [6, 6.07) is 2.22. The minimum absolute atomic E-state index is 0.526. The van der Waals surface area contributed by atoms with Crippen molar-refractivity contribution in [3.05, 3.63) is 18.0 Å². The van der Waals surface area contributed by atoms with Gasteiger partial charge in [0, 0.05) is 12.7 Å². The molecule has 4 fully saturated rings. The van der Waals surface area contributed by atoms with Gasteiger partial charge < -0.3 is 0 Å². The average molecular weight is 422 g/mol. The fourth-order valence-corrected chi connectivity index (χ4v) is 9.54. The molecule has 0 aromatic carbocycles. The molecule has 1 heterocycles. The largest absolute Gasteiger partial charge is 0.271 e. The van der Waals surface area contributed by atoms with Crippen molar-refractivity contribution in [3.63, 3.8) is 0 Å². The summed E-state index contributed by atoms with van der Waals surface area (Å²) in [6.07, 6.45) is 20.0. The molecular weight excluding hydrogens is 378 g/mol. The molecule has 170 valence electrons. The van der Waals surface area contributed by atoms with E-state index in [-0.39, 0.29) is 0 Å². The van der Waals surface area contributed by atoms with Crippen LogP contribution in [0.3, 0.4) is 0 Å². The van der Waals surface area contributed by atoms with Crippen LogP contribution in [0.1, 0.15) is 97.0 Å². The molecule has 0 radical (unpaired) electrons. The third kappa shape index (κ3) is 3.77. The Balaban J connectivity index is 1.27. The third-order valence-electron chi connectivity index (χ3n) is 10.8. The summed E-state index contributed by atoms with van der Waals surface area (Å²) in [5, 5.41) is 13.6. The molecule has 3 heteroatoms. The molecule has 5 rings (SSSR count). The SMILES string of the molecule is CCC[C@H]1CC[C@@H]2C3CC[C@@]4(C)C(CCC4[C@H](C)Cn4cc(C#N)cn4)[C@@H]3CC[C@@H]2C1. The minimum atomic E-state index is 0.526. The summed E-state index contributed by atoms with van der Waals surface area (Å²) >= 11 is 0. The smallest absolute Gasteiger partial charge is 0.102 e. The molecule has 3 unspecified atom stereocenters. The van der Waals surface area contributed by atoms with Crippen molar-refractivity contribution in [3.8, 4) is 6.07 Å². The Morgan fingerprint density at radius 2 is 1.97 bits per heavy atom. The number of hydrogen-bond donors (Lipinski definition) is 0. The van der Waals surface area contributed by atoms with E-state index in [0.29, 0.717) is 16.9 Å². The quantitative estimate of drug-likeness (QED) is 0.510. The Labute approximate surface area is 190 Å². The molecule has 9 atom stereocenters. The summed E-state index contributed by atoms with van der Waals surface area (Å²) in [6.45, 7) is 8.45. The van der Waals surface area contributed by atoms with Gasteiger partial charge in [-0.1, -0.05) is 40.0 Å². The highest BCUT2D eigenvalue weighted by atomic mass is 15.3. The molecule has 4 saturated carbocycles.